The summed E-state index contributed by atoms with van der Waals surface area (Å²) in [5.41, 5.74) is 1.50. The lowest BCUT2D eigenvalue weighted by Gasteiger charge is -2.29. The third kappa shape index (κ3) is 3.49. The molecule has 0 amide bonds. The molecular weight excluding hydrogens is 204 g/mol. The Kier molecular flexibility index (Phi) is 4.14. The fraction of sp³-hybridized carbons (Fsp3) is 0.750. The fourth-order valence-electron chi connectivity index (χ4n) is 1.06. The third-order valence-corrected chi connectivity index (χ3v) is 4.02. The van der Waals surface area contributed by atoms with Crippen LogP contribution < -0.4 is 5.32 Å². The van der Waals surface area contributed by atoms with Gasteiger partial charge in [0.1, 0.15) is 0 Å². The van der Waals surface area contributed by atoms with Crippen LogP contribution in [0.1, 0.15) is 40.3 Å². The Balaban J connectivity index is 2.50. The van der Waals surface area contributed by atoms with Gasteiger partial charge in [0, 0.05) is 11.9 Å². The molecule has 3 heteroatoms. The first-order valence-electron chi connectivity index (χ1n) is 5.64. The molecule has 1 aromatic rings. The quantitative estimate of drug-likeness (QED) is 0.826. The number of rotatable bonds is 5. The lowest BCUT2D eigenvalue weighted by atomic mass is 9.81. The number of thiazole rings is 1. The van der Waals surface area contributed by atoms with Crippen molar-refractivity contribution in [3.63, 3.8) is 0 Å². The summed E-state index contributed by atoms with van der Waals surface area (Å²) in [7, 11) is 0. The highest BCUT2D eigenvalue weighted by molar-refractivity contribution is 7.13. The zero-order valence-electron chi connectivity index (χ0n) is 10.4. The lowest BCUT2D eigenvalue weighted by Crippen LogP contribution is -2.28. The molecule has 2 nitrogen and oxygen atoms in total. The second kappa shape index (κ2) is 4.97. The predicted octanol–water partition coefficient (Wildman–Crippen LogP) is 3.80. The molecule has 1 heterocycles. The number of hydrogen-bond acceptors (Lipinski definition) is 3. The van der Waals surface area contributed by atoms with Gasteiger partial charge in [-0.05, 0) is 17.8 Å². The van der Waals surface area contributed by atoms with Gasteiger partial charge in [-0.15, -0.1) is 11.3 Å². The first-order chi connectivity index (χ1) is 6.95. The molecule has 0 aliphatic heterocycles. The molecule has 0 fully saturated rings. The summed E-state index contributed by atoms with van der Waals surface area (Å²) in [6, 6.07) is 0. The Labute approximate surface area is 97.1 Å². The standard InChI is InChI=1S/C12H22N2S/c1-6-10-7-15-11(14-10)13-8-12(4,5)9(2)3/h7,9H,6,8H2,1-5H3,(H,13,14). The average Bonchev–Trinajstić information content (AvgIpc) is 2.62. The van der Waals surface area contributed by atoms with E-state index in [-0.39, 0.29) is 0 Å². The van der Waals surface area contributed by atoms with Gasteiger partial charge in [-0.3, -0.25) is 0 Å². The van der Waals surface area contributed by atoms with Gasteiger partial charge in [0.25, 0.3) is 0 Å². The molecule has 0 radical (unpaired) electrons. The summed E-state index contributed by atoms with van der Waals surface area (Å²) in [4.78, 5) is 4.50. The predicted molar refractivity (Wildman–Crippen MR) is 68.6 cm³/mol. The van der Waals surface area contributed by atoms with E-state index in [2.05, 4.69) is 50.3 Å². The average molecular weight is 226 g/mol. The number of hydrogen-bond donors (Lipinski definition) is 1. The summed E-state index contributed by atoms with van der Waals surface area (Å²) in [6.07, 6.45) is 1.02. The summed E-state index contributed by atoms with van der Waals surface area (Å²) < 4.78 is 0. The van der Waals surface area contributed by atoms with Crippen LogP contribution in [0.3, 0.4) is 0 Å². The maximum absolute atomic E-state index is 4.50. The minimum absolute atomic E-state index is 0.318. The maximum Gasteiger partial charge on any atom is 0.182 e. The Hall–Kier alpha value is -0.570. The molecule has 86 valence electrons. The summed E-state index contributed by atoms with van der Waals surface area (Å²) in [5, 5.41) is 6.61. The molecule has 1 rings (SSSR count). The molecule has 1 N–H and O–H groups in total. The summed E-state index contributed by atoms with van der Waals surface area (Å²) in [6.45, 7) is 12.2. The molecule has 0 aliphatic rings. The summed E-state index contributed by atoms with van der Waals surface area (Å²) >= 11 is 1.70. The normalized spacial score (nSPS) is 12.1. The Morgan fingerprint density at radius 1 is 1.47 bits per heavy atom. The lowest BCUT2D eigenvalue weighted by molar-refractivity contribution is 0.269. The zero-order valence-corrected chi connectivity index (χ0v) is 11.2. The third-order valence-electron chi connectivity index (χ3n) is 3.17. The number of nitrogens with zero attached hydrogens (tertiary/aromatic N) is 1. The van der Waals surface area contributed by atoms with Gasteiger partial charge in [-0.25, -0.2) is 4.98 Å². The number of aryl methyl sites for hydroxylation is 1. The van der Waals surface area contributed by atoms with E-state index in [1.54, 1.807) is 11.3 Å². The second-order valence-corrected chi connectivity index (χ2v) is 5.85. The van der Waals surface area contributed by atoms with Crippen molar-refractivity contribution in [1.29, 1.82) is 0 Å². The van der Waals surface area contributed by atoms with Crippen LogP contribution in [0, 0.1) is 11.3 Å². The minimum Gasteiger partial charge on any atom is -0.361 e. The van der Waals surface area contributed by atoms with E-state index in [0.29, 0.717) is 11.3 Å². The van der Waals surface area contributed by atoms with Gasteiger partial charge < -0.3 is 5.32 Å². The van der Waals surface area contributed by atoms with E-state index < -0.39 is 0 Å². The molecule has 0 atom stereocenters. The van der Waals surface area contributed by atoms with Crippen molar-refractivity contribution in [2.45, 2.75) is 41.0 Å². The Morgan fingerprint density at radius 2 is 2.13 bits per heavy atom. The largest absolute Gasteiger partial charge is 0.361 e. The van der Waals surface area contributed by atoms with Crippen LogP contribution >= 0.6 is 11.3 Å². The highest BCUT2D eigenvalue weighted by Crippen LogP contribution is 2.27. The van der Waals surface area contributed by atoms with Crippen molar-refractivity contribution in [1.82, 2.24) is 4.98 Å². The van der Waals surface area contributed by atoms with Gasteiger partial charge in [0.2, 0.25) is 0 Å². The topological polar surface area (TPSA) is 24.9 Å². The van der Waals surface area contributed by atoms with Crippen LogP contribution in [0.2, 0.25) is 0 Å². The van der Waals surface area contributed by atoms with Gasteiger partial charge in [0.15, 0.2) is 5.13 Å². The zero-order chi connectivity index (χ0) is 11.5. The molecule has 0 saturated heterocycles. The van der Waals surface area contributed by atoms with Gasteiger partial charge in [-0.2, -0.15) is 0 Å². The molecule has 0 saturated carbocycles. The van der Waals surface area contributed by atoms with Crippen molar-refractivity contribution in [3.05, 3.63) is 11.1 Å². The number of aromatic nitrogens is 1. The molecule has 0 aliphatic carbocycles. The first kappa shape index (κ1) is 12.5. The van der Waals surface area contributed by atoms with Crippen molar-refractivity contribution in [2.24, 2.45) is 11.3 Å². The number of nitrogens with one attached hydrogen (secondary N) is 1. The smallest absolute Gasteiger partial charge is 0.182 e. The van der Waals surface area contributed by atoms with Gasteiger partial charge in [-0.1, -0.05) is 34.6 Å². The van der Waals surface area contributed by atoms with Crippen molar-refractivity contribution >= 4 is 16.5 Å². The minimum atomic E-state index is 0.318. The van der Waals surface area contributed by atoms with Crippen LogP contribution in [0.4, 0.5) is 5.13 Å². The van der Waals surface area contributed by atoms with Crippen LogP contribution in [0.5, 0.6) is 0 Å². The summed E-state index contributed by atoms with van der Waals surface area (Å²) in [5.74, 6) is 0.676. The van der Waals surface area contributed by atoms with E-state index in [1.807, 2.05) is 0 Å². The molecule has 0 spiro atoms. The Bertz CT molecular complexity index is 302. The Morgan fingerprint density at radius 3 is 2.60 bits per heavy atom. The molecule has 0 aromatic carbocycles. The molecular formula is C12H22N2S. The van der Waals surface area contributed by atoms with Crippen molar-refractivity contribution in [3.8, 4) is 0 Å². The molecule has 0 unspecified atom stereocenters. The van der Waals surface area contributed by atoms with Crippen LogP contribution in [0.25, 0.3) is 0 Å². The van der Waals surface area contributed by atoms with Crippen LogP contribution in [-0.4, -0.2) is 11.5 Å². The molecule has 15 heavy (non-hydrogen) atoms. The SMILES string of the molecule is CCc1csc(NCC(C)(C)C(C)C)n1. The molecule has 1 aromatic heterocycles. The van der Waals surface area contributed by atoms with E-state index in [0.717, 1.165) is 18.1 Å². The monoisotopic (exact) mass is 226 g/mol. The second-order valence-electron chi connectivity index (χ2n) is 4.99. The van der Waals surface area contributed by atoms with E-state index in [9.17, 15) is 0 Å². The van der Waals surface area contributed by atoms with E-state index >= 15 is 0 Å². The molecule has 0 bridgehead atoms. The highest BCUT2D eigenvalue weighted by Gasteiger charge is 2.22. The number of anilines is 1. The van der Waals surface area contributed by atoms with Gasteiger partial charge in [0.05, 0.1) is 5.69 Å². The van der Waals surface area contributed by atoms with Crippen molar-refractivity contribution < 1.29 is 0 Å². The van der Waals surface area contributed by atoms with Crippen LogP contribution in [0.15, 0.2) is 5.38 Å². The van der Waals surface area contributed by atoms with E-state index in [4.69, 9.17) is 0 Å². The van der Waals surface area contributed by atoms with Crippen molar-refractivity contribution in [2.75, 3.05) is 11.9 Å². The fourth-order valence-corrected chi connectivity index (χ4v) is 1.85. The highest BCUT2D eigenvalue weighted by atomic mass is 32.1. The maximum atomic E-state index is 4.50. The van der Waals surface area contributed by atoms with Gasteiger partial charge >= 0.3 is 0 Å². The van der Waals surface area contributed by atoms with Crippen LogP contribution in [-0.2, 0) is 6.42 Å². The van der Waals surface area contributed by atoms with E-state index in [1.165, 1.54) is 5.69 Å². The first-order valence-corrected chi connectivity index (χ1v) is 6.52.